The third-order valence-corrected chi connectivity index (χ3v) is 2.64. The Morgan fingerprint density at radius 2 is 2.12 bits per heavy atom. The van der Waals surface area contributed by atoms with Crippen molar-refractivity contribution in [3.05, 3.63) is 59.2 Å². The van der Waals surface area contributed by atoms with Crippen LogP contribution in [-0.4, -0.2) is 5.78 Å². The van der Waals surface area contributed by atoms with Gasteiger partial charge in [0.2, 0.25) is 5.78 Å². The summed E-state index contributed by atoms with van der Waals surface area (Å²) in [5.74, 6) is 1.43. The van der Waals surface area contributed by atoms with Gasteiger partial charge in [0.25, 0.3) is 0 Å². The number of rotatable bonds is 1. The van der Waals surface area contributed by atoms with Crippen molar-refractivity contribution in [1.82, 2.24) is 0 Å². The predicted octanol–water partition coefficient (Wildman–Crippen LogP) is 3.20. The highest BCUT2D eigenvalue weighted by Gasteiger charge is 2.27. The summed E-state index contributed by atoms with van der Waals surface area (Å²) in [5.41, 5.74) is 1.66. The van der Waals surface area contributed by atoms with Gasteiger partial charge in [0.05, 0.1) is 11.8 Å². The number of benzene rings is 1. The molecule has 1 aromatic heterocycles. The molecule has 0 unspecified atom stereocenters. The molecule has 3 rings (SSSR count). The molecule has 3 heteroatoms. The van der Waals surface area contributed by atoms with E-state index in [0.717, 1.165) is 5.56 Å². The van der Waals surface area contributed by atoms with Crippen molar-refractivity contribution in [3.8, 4) is 5.75 Å². The van der Waals surface area contributed by atoms with E-state index in [0.29, 0.717) is 22.8 Å². The Kier molecular flexibility index (Phi) is 2.11. The molecular formula is C14H10O3. The van der Waals surface area contributed by atoms with E-state index < -0.39 is 0 Å². The topological polar surface area (TPSA) is 39.4 Å². The molecule has 3 nitrogen and oxygen atoms in total. The second-order valence-corrected chi connectivity index (χ2v) is 3.95. The lowest BCUT2D eigenvalue weighted by molar-refractivity contribution is 0.101. The number of furan rings is 1. The highest BCUT2D eigenvalue weighted by Crippen LogP contribution is 2.32. The van der Waals surface area contributed by atoms with Gasteiger partial charge in [-0.15, -0.1) is 0 Å². The zero-order valence-electron chi connectivity index (χ0n) is 9.27. The van der Waals surface area contributed by atoms with Crippen molar-refractivity contribution < 1.29 is 13.9 Å². The number of fused-ring (bicyclic) bond motifs is 1. The van der Waals surface area contributed by atoms with Gasteiger partial charge in [-0.3, -0.25) is 4.79 Å². The lowest BCUT2D eigenvalue weighted by atomic mass is 10.1. The maximum atomic E-state index is 12.0. The average molecular weight is 226 g/mol. The van der Waals surface area contributed by atoms with Crippen molar-refractivity contribution in [1.29, 1.82) is 0 Å². The zero-order valence-corrected chi connectivity index (χ0v) is 9.27. The second kappa shape index (κ2) is 3.63. The van der Waals surface area contributed by atoms with Crippen LogP contribution < -0.4 is 4.74 Å². The summed E-state index contributed by atoms with van der Waals surface area (Å²) in [7, 11) is 0. The normalized spacial score (nSPS) is 16.1. The van der Waals surface area contributed by atoms with E-state index >= 15 is 0 Å². The van der Waals surface area contributed by atoms with Crippen LogP contribution in [0.4, 0.5) is 0 Å². The lowest BCUT2D eigenvalue weighted by Gasteiger charge is -1.97. The molecule has 84 valence electrons. The van der Waals surface area contributed by atoms with Crippen LogP contribution in [0, 0.1) is 6.92 Å². The van der Waals surface area contributed by atoms with Crippen molar-refractivity contribution in [3.63, 3.8) is 0 Å². The molecule has 2 aromatic rings. The third-order valence-electron chi connectivity index (χ3n) is 2.64. The minimum absolute atomic E-state index is 0.0971. The maximum absolute atomic E-state index is 12.0. The summed E-state index contributed by atoms with van der Waals surface area (Å²) in [6.07, 6.45) is 3.17. The highest BCUT2D eigenvalue weighted by atomic mass is 16.5. The Hall–Kier alpha value is -2.29. The standard InChI is InChI=1S/C14H10O3/c1-9-4-5-12-11(7-9)14(15)13(17-12)8-10-3-2-6-16-10/h2-8H,1H3/b13-8-. The summed E-state index contributed by atoms with van der Waals surface area (Å²) in [6, 6.07) is 9.11. The number of aryl methyl sites for hydroxylation is 1. The van der Waals surface area contributed by atoms with Gasteiger partial charge in [-0.1, -0.05) is 11.6 Å². The van der Waals surface area contributed by atoms with Gasteiger partial charge < -0.3 is 9.15 Å². The van der Waals surface area contributed by atoms with E-state index in [-0.39, 0.29) is 5.78 Å². The summed E-state index contributed by atoms with van der Waals surface area (Å²) in [4.78, 5) is 12.0. The van der Waals surface area contributed by atoms with Crippen molar-refractivity contribution in [2.24, 2.45) is 0 Å². The van der Waals surface area contributed by atoms with Crippen LogP contribution in [0.25, 0.3) is 6.08 Å². The van der Waals surface area contributed by atoms with E-state index in [1.54, 1.807) is 24.5 Å². The van der Waals surface area contributed by atoms with Gasteiger partial charge >= 0.3 is 0 Å². The highest BCUT2D eigenvalue weighted by molar-refractivity contribution is 6.14. The molecule has 0 bridgehead atoms. The van der Waals surface area contributed by atoms with Crippen LogP contribution in [0.1, 0.15) is 21.7 Å². The van der Waals surface area contributed by atoms with Gasteiger partial charge in [0, 0.05) is 6.08 Å². The Bertz CT molecular complexity index is 606. The number of allylic oxidation sites excluding steroid dienone is 1. The molecule has 1 aliphatic heterocycles. The molecule has 0 spiro atoms. The first-order valence-electron chi connectivity index (χ1n) is 5.32. The van der Waals surface area contributed by atoms with E-state index in [4.69, 9.17) is 9.15 Å². The first-order chi connectivity index (χ1) is 8.24. The van der Waals surface area contributed by atoms with Gasteiger partial charge in [0.1, 0.15) is 11.5 Å². The maximum Gasteiger partial charge on any atom is 0.232 e. The van der Waals surface area contributed by atoms with Crippen LogP contribution >= 0.6 is 0 Å². The van der Waals surface area contributed by atoms with Crippen molar-refractivity contribution in [2.45, 2.75) is 6.92 Å². The van der Waals surface area contributed by atoms with Crippen LogP contribution in [0.3, 0.4) is 0 Å². The molecule has 2 heterocycles. The largest absolute Gasteiger partial charge is 0.465 e. The fraction of sp³-hybridized carbons (Fsp3) is 0.0714. The van der Waals surface area contributed by atoms with Crippen LogP contribution in [0.5, 0.6) is 5.75 Å². The molecule has 0 saturated heterocycles. The van der Waals surface area contributed by atoms with E-state index in [1.165, 1.54) is 0 Å². The zero-order chi connectivity index (χ0) is 11.8. The van der Waals surface area contributed by atoms with E-state index in [1.807, 2.05) is 25.1 Å². The molecule has 1 aromatic carbocycles. The van der Waals surface area contributed by atoms with Crippen LogP contribution in [0.15, 0.2) is 46.8 Å². The summed E-state index contributed by atoms with van der Waals surface area (Å²) < 4.78 is 10.7. The molecule has 0 amide bonds. The third kappa shape index (κ3) is 1.65. The molecule has 17 heavy (non-hydrogen) atoms. The quantitative estimate of drug-likeness (QED) is 0.701. The number of hydrogen-bond acceptors (Lipinski definition) is 3. The smallest absolute Gasteiger partial charge is 0.232 e. The van der Waals surface area contributed by atoms with Crippen molar-refractivity contribution >= 4 is 11.9 Å². The Labute approximate surface area is 98.3 Å². The molecular weight excluding hydrogens is 216 g/mol. The molecule has 0 atom stereocenters. The predicted molar refractivity (Wildman–Crippen MR) is 62.8 cm³/mol. The molecule has 0 saturated carbocycles. The number of Topliss-reactive ketones (excluding diaryl/α,β-unsaturated/α-hetero) is 1. The van der Waals surface area contributed by atoms with E-state index in [9.17, 15) is 4.79 Å². The van der Waals surface area contributed by atoms with Crippen LogP contribution in [-0.2, 0) is 0 Å². The van der Waals surface area contributed by atoms with Gasteiger partial charge in [0.15, 0.2) is 5.76 Å². The fourth-order valence-electron chi connectivity index (χ4n) is 1.81. The minimum atomic E-state index is -0.0971. The van der Waals surface area contributed by atoms with Gasteiger partial charge in [-0.05, 0) is 31.2 Å². The van der Waals surface area contributed by atoms with Gasteiger partial charge in [-0.2, -0.15) is 0 Å². The number of ketones is 1. The summed E-state index contributed by atoms with van der Waals surface area (Å²) in [5, 5.41) is 0. The summed E-state index contributed by atoms with van der Waals surface area (Å²) >= 11 is 0. The minimum Gasteiger partial charge on any atom is -0.465 e. The van der Waals surface area contributed by atoms with Crippen molar-refractivity contribution in [2.75, 3.05) is 0 Å². The first-order valence-corrected chi connectivity index (χ1v) is 5.32. The number of hydrogen-bond donors (Lipinski definition) is 0. The molecule has 0 fully saturated rings. The number of ether oxygens (including phenoxy) is 1. The molecule has 1 aliphatic rings. The van der Waals surface area contributed by atoms with Gasteiger partial charge in [-0.25, -0.2) is 0 Å². The van der Waals surface area contributed by atoms with E-state index in [2.05, 4.69) is 0 Å². The Morgan fingerprint density at radius 3 is 2.88 bits per heavy atom. The number of carbonyl (C=O) groups excluding carboxylic acids is 1. The monoisotopic (exact) mass is 226 g/mol. The average Bonchev–Trinajstić information content (AvgIpc) is 2.91. The first kappa shape index (κ1) is 9.90. The lowest BCUT2D eigenvalue weighted by Crippen LogP contribution is -1.97. The Balaban J connectivity index is 2.02. The number of carbonyl (C=O) groups is 1. The molecule has 0 radical (unpaired) electrons. The Morgan fingerprint density at radius 1 is 1.24 bits per heavy atom. The molecule has 0 N–H and O–H groups in total. The SMILES string of the molecule is Cc1ccc2c(c1)C(=O)/C(=C/c1ccco1)O2. The second-order valence-electron chi connectivity index (χ2n) is 3.95. The van der Waals surface area contributed by atoms with Crippen LogP contribution in [0.2, 0.25) is 0 Å². The fourth-order valence-corrected chi connectivity index (χ4v) is 1.81. The summed E-state index contributed by atoms with van der Waals surface area (Å²) in [6.45, 7) is 1.95. The molecule has 0 aliphatic carbocycles.